The highest BCUT2D eigenvalue weighted by molar-refractivity contribution is 9.10. The maximum absolute atomic E-state index is 5.83. The van der Waals surface area contributed by atoms with Gasteiger partial charge < -0.3 is 19.9 Å². The lowest BCUT2D eigenvalue weighted by Gasteiger charge is -2.20. The lowest BCUT2D eigenvalue weighted by molar-refractivity contribution is 0.170. The fourth-order valence-corrected chi connectivity index (χ4v) is 2.67. The van der Waals surface area contributed by atoms with Gasteiger partial charge in [-0.3, -0.25) is 0 Å². The molecule has 7 heteroatoms. The van der Waals surface area contributed by atoms with Gasteiger partial charge in [-0.15, -0.1) is 0 Å². The van der Waals surface area contributed by atoms with E-state index >= 15 is 0 Å². The Morgan fingerprint density at radius 2 is 2.05 bits per heavy atom. The second-order valence-electron chi connectivity index (χ2n) is 4.52. The molecule has 2 heterocycles. The van der Waals surface area contributed by atoms with Gasteiger partial charge in [0.1, 0.15) is 19.0 Å². The van der Waals surface area contributed by atoms with Crippen molar-refractivity contribution in [3.8, 4) is 22.9 Å². The number of aromatic nitrogens is 2. The van der Waals surface area contributed by atoms with Crippen molar-refractivity contribution in [1.29, 1.82) is 0 Å². The summed E-state index contributed by atoms with van der Waals surface area (Å²) < 4.78 is 17.1. The van der Waals surface area contributed by atoms with Gasteiger partial charge in [-0.2, -0.15) is 0 Å². The number of fused-ring (bicyclic) bond motifs is 1. The number of hydrogen-bond donors (Lipinski definition) is 1. The van der Waals surface area contributed by atoms with Crippen LogP contribution in [0.5, 0.6) is 11.5 Å². The number of nitrogen functional groups attached to an aromatic ring is 1. The standard InChI is InChI=1S/C14H14BrN3O3/c1-19-7-9-6-12(16)18-14(17-9)8-4-10(15)13-11(5-8)20-2-3-21-13/h4-6H,2-3,7H2,1H3,(H2,16,17,18). The maximum Gasteiger partial charge on any atom is 0.175 e. The number of rotatable bonds is 3. The van der Waals surface area contributed by atoms with Gasteiger partial charge in [0.15, 0.2) is 17.3 Å². The zero-order chi connectivity index (χ0) is 14.8. The minimum absolute atomic E-state index is 0.380. The van der Waals surface area contributed by atoms with Crippen LogP contribution in [0, 0.1) is 0 Å². The summed E-state index contributed by atoms with van der Waals surface area (Å²) in [7, 11) is 1.61. The molecule has 0 saturated heterocycles. The summed E-state index contributed by atoms with van der Waals surface area (Å²) in [5, 5.41) is 0. The summed E-state index contributed by atoms with van der Waals surface area (Å²) in [5.74, 6) is 2.30. The van der Waals surface area contributed by atoms with Crippen LogP contribution in [0.3, 0.4) is 0 Å². The molecule has 0 aliphatic carbocycles. The Morgan fingerprint density at radius 3 is 2.86 bits per heavy atom. The quantitative estimate of drug-likeness (QED) is 0.914. The number of nitrogens with zero attached hydrogens (tertiary/aromatic N) is 2. The molecule has 0 radical (unpaired) electrons. The highest BCUT2D eigenvalue weighted by Crippen LogP contribution is 2.40. The van der Waals surface area contributed by atoms with Gasteiger partial charge in [-0.25, -0.2) is 9.97 Å². The number of benzene rings is 1. The molecule has 0 unspecified atom stereocenters. The van der Waals surface area contributed by atoms with Crippen molar-refractivity contribution in [2.24, 2.45) is 0 Å². The van der Waals surface area contributed by atoms with E-state index < -0.39 is 0 Å². The van der Waals surface area contributed by atoms with Crippen molar-refractivity contribution < 1.29 is 14.2 Å². The van der Waals surface area contributed by atoms with Crippen LogP contribution in [0.2, 0.25) is 0 Å². The van der Waals surface area contributed by atoms with Crippen LogP contribution >= 0.6 is 15.9 Å². The summed E-state index contributed by atoms with van der Waals surface area (Å²) in [4.78, 5) is 8.72. The van der Waals surface area contributed by atoms with Gasteiger partial charge in [0, 0.05) is 18.7 Å². The van der Waals surface area contributed by atoms with E-state index in [0.717, 1.165) is 15.7 Å². The molecule has 1 aromatic heterocycles. The highest BCUT2D eigenvalue weighted by atomic mass is 79.9. The van der Waals surface area contributed by atoms with Crippen molar-refractivity contribution in [2.75, 3.05) is 26.1 Å². The van der Waals surface area contributed by atoms with Crippen molar-refractivity contribution >= 4 is 21.7 Å². The summed E-state index contributed by atoms with van der Waals surface area (Å²) in [5.41, 5.74) is 7.36. The predicted octanol–water partition coefficient (Wildman–Crippen LogP) is 2.41. The molecular weight excluding hydrogens is 338 g/mol. The number of methoxy groups -OCH3 is 1. The van der Waals surface area contributed by atoms with Crippen LogP contribution in [-0.4, -0.2) is 30.3 Å². The first-order valence-electron chi connectivity index (χ1n) is 6.39. The molecule has 2 aromatic rings. The van der Waals surface area contributed by atoms with E-state index in [-0.39, 0.29) is 0 Å². The monoisotopic (exact) mass is 351 g/mol. The largest absolute Gasteiger partial charge is 0.486 e. The van der Waals surface area contributed by atoms with Crippen LogP contribution in [0.15, 0.2) is 22.7 Å². The second kappa shape index (κ2) is 5.87. The lowest BCUT2D eigenvalue weighted by Crippen LogP contribution is -2.15. The molecule has 0 atom stereocenters. The van der Waals surface area contributed by atoms with Gasteiger partial charge in [-0.05, 0) is 28.1 Å². The van der Waals surface area contributed by atoms with E-state index in [1.165, 1.54) is 0 Å². The highest BCUT2D eigenvalue weighted by Gasteiger charge is 2.18. The molecule has 6 nitrogen and oxygen atoms in total. The number of halogens is 1. The molecule has 0 spiro atoms. The Bertz CT molecular complexity index is 679. The first-order valence-corrected chi connectivity index (χ1v) is 7.18. The first kappa shape index (κ1) is 14.1. The average Bonchev–Trinajstić information content (AvgIpc) is 2.47. The molecule has 3 rings (SSSR count). The Morgan fingerprint density at radius 1 is 1.24 bits per heavy atom. The average molecular weight is 352 g/mol. The van der Waals surface area contributed by atoms with Crippen LogP contribution in [0.4, 0.5) is 5.82 Å². The van der Waals surface area contributed by atoms with Crippen LogP contribution in [0.1, 0.15) is 5.69 Å². The Labute approximate surface area is 130 Å². The fourth-order valence-electron chi connectivity index (χ4n) is 2.11. The zero-order valence-electron chi connectivity index (χ0n) is 11.4. The van der Waals surface area contributed by atoms with Gasteiger partial charge in [0.2, 0.25) is 0 Å². The minimum Gasteiger partial charge on any atom is -0.486 e. The third-order valence-electron chi connectivity index (χ3n) is 2.95. The molecule has 0 bridgehead atoms. The number of ether oxygens (including phenoxy) is 3. The van der Waals surface area contributed by atoms with Crippen LogP contribution < -0.4 is 15.2 Å². The van der Waals surface area contributed by atoms with Crippen molar-refractivity contribution in [3.63, 3.8) is 0 Å². The third kappa shape index (κ3) is 2.93. The third-order valence-corrected chi connectivity index (χ3v) is 3.54. The molecule has 21 heavy (non-hydrogen) atoms. The summed E-state index contributed by atoms with van der Waals surface area (Å²) in [6.45, 7) is 1.44. The molecular formula is C14H14BrN3O3. The Hall–Kier alpha value is -1.86. The van der Waals surface area contributed by atoms with Gasteiger partial charge >= 0.3 is 0 Å². The number of nitrogens with two attached hydrogens (primary N) is 1. The smallest absolute Gasteiger partial charge is 0.175 e. The van der Waals surface area contributed by atoms with E-state index in [9.17, 15) is 0 Å². The van der Waals surface area contributed by atoms with Gasteiger partial charge in [0.05, 0.1) is 16.8 Å². The molecule has 1 aliphatic heterocycles. The molecule has 0 amide bonds. The molecule has 1 aromatic carbocycles. The predicted molar refractivity (Wildman–Crippen MR) is 81.3 cm³/mol. The summed E-state index contributed by atoms with van der Waals surface area (Å²) in [6.07, 6.45) is 0. The van der Waals surface area contributed by atoms with Crippen LogP contribution in [-0.2, 0) is 11.3 Å². The zero-order valence-corrected chi connectivity index (χ0v) is 13.0. The Kier molecular flexibility index (Phi) is 3.94. The first-order chi connectivity index (χ1) is 10.2. The van der Waals surface area contributed by atoms with E-state index in [0.29, 0.717) is 43.0 Å². The van der Waals surface area contributed by atoms with Crippen LogP contribution in [0.25, 0.3) is 11.4 Å². The van der Waals surface area contributed by atoms with Crippen molar-refractivity contribution in [1.82, 2.24) is 9.97 Å². The maximum atomic E-state index is 5.83. The molecule has 0 fully saturated rings. The van der Waals surface area contributed by atoms with Crippen molar-refractivity contribution in [2.45, 2.75) is 6.61 Å². The van der Waals surface area contributed by atoms with Gasteiger partial charge in [-0.1, -0.05) is 0 Å². The van der Waals surface area contributed by atoms with E-state index in [1.54, 1.807) is 13.2 Å². The summed E-state index contributed by atoms with van der Waals surface area (Å²) in [6, 6.07) is 5.43. The van der Waals surface area contributed by atoms with E-state index in [2.05, 4.69) is 25.9 Å². The van der Waals surface area contributed by atoms with E-state index in [4.69, 9.17) is 19.9 Å². The normalized spacial score (nSPS) is 13.2. The van der Waals surface area contributed by atoms with Crippen molar-refractivity contribution in [3.05, 3.63) is 28.4 Å². The minimum atomic E-state index is 0.380. The second-order valence-corrected chi connectivity index (χ2v) is 5.38. The molecule has 1 aliphatic rings. The SMILES string of the molecule is COCc1cc(N)nc(-c2cc(Br)c3c(c2)OCCO3)n1. The number of anilines is 1. The fraction of sp³-hybridized carbons (Fsp3) is 0.286. The lowest BCUT2D eigenvalue weighted by atomic mass is 10.1. The summed E-state index contributed by atoms with van der Waals surface area (Å²) >= 11 is 3.48. The molecule has 110 valence electrons. The topological polar surface area (TPSA) is 79.5 Å². The van der Waals surface area contributed by atoms with Gasteiger partial charge in [0.25, 0.3) is 0 Å². The molecule has 0 saturated carbocycles. The molecule has 2 N–H and O–H groups in total. The number of hydrogen-bond acceptors (Lipinski definition) is 6. The Balaban J connectivity index is 2.06. The van der Waals surface area contributed by atoms with E-state index in [1.807, 2.05) is 12.1 Å².